The van der Waals surface area contributed by atoms with Crippen molar-refractivity contribution in [3.05, 3.63) is 47.4 Å². The number of halogens is 1. The number of amides is 1. The van der Waals surface area contributed by atoms with Crippen molar-refractivity contribution < 1.29 is 13.7 Å². The summed E-state index contributed by atoms with van der Waals surface area (Å²) >= 11 is 0. The van der Waals surface area contributed by atoms with Crippen LogP contribution in [0.2, 0.25) is 0 Å². The highest BCUT2D eigenvalue weighted by molar-refractivity contribution is 5.79. The molecule has 4 rings (SSSR count). The second kappa shape index (κ2) is 5.19. The fourth-order valence-corrected chi connectivity index (χ4v) is 2.65. The van der Waals surface area contributed by atoms with Gasteiger partial charge in [0.2, 0.25) is 11.8 Å². The summed E-state index contributed by atoms with van der Waals surface area (Å²) in [6, 6.07) is 6.04. The van der Waals surface area contributed by atoms with Crippen molar-refractivity contribution >= 4 is 5.91 Å². The van der Waals surface area contributed by atoms with E-state index in [2.05, 4.69) is 10.1 Å². The van der Waals surface area contributed by atoms with E-state index in [9.17, 15) is 9.18 Å². The van der Waals surface area contributed by atoms with Gasteiger partial charge >= 0.3 is 0 Å². The molecule has 1 aromatic heterocycles. The predicted octanol–water partition coefficient (Wildman–Crippen LogP) is 2.25. The van der Waals surface area contributed by atoms with Crippen LogP contribution in [0.3, 0.4) is 0 Å². The summed E-state index contributed by atoms with van der Waals surface area (Å²) in [5.74, 6) is 1.85. The van der Waals surface area contributed by atoms with E-state index in [1.807, 2.05) is 0 Å². The van der Waals surface area contributed by atoms with E-state index in [1.54, 1.807) is 17.0 Å². The Balaban J connectivity index is 1.32. The highest BCUT2D eigenvalue weighted by atomic mass is 19.1. The second-order valence-electron chi connectivity index (χ2n) is 6.06. The van der Waals surface area contributed by atoms with Crippen LogP contribution in [-0.2, 0) is 11.2 Å². The summed E-state index contributed by atoms with van der Waals surface area (Å²) in [5, 5.41) is 4.00. The third-order valence-corrected chi connectivity index (χ3v) is 4.25. The average molecular weight is 301 g/mol. The lowest BCUT2D eigenvalue weighted by Gasteiger charge is -2.37. The predicted molar refractivity (Wildman–Crippen MR) is 75.7 cm³/mol. The lowest BCUT2D eigenvalue weighted by molar-refractivity contribution is -0.135. The molecule has 0 unspecified atom stereocenters. The van der Waals surface area contributed by atoms with Crippen LogP contribution in [-0.4, -0.2) is 34.0 Å². The van der Waals surface area contributed by atoms with Gasteiger partial charge in [0.15, 0.2) is 5.82 Å². The Morgan fingerprint density at radius 1 is 1.23 bits per heavy atom. The number of carbonyl (C=O) groups is 1. The molecule has 2 aliphatic rings. The van der Waals surface area contributed by atoms with Crippen molar-refractivity contribution in [3.8, 4) is 0 Å². The topological polar surface area (TPSA) is 59.2 Å². The van der Waals surface area contributed by atoms with Crippen LogP contribution in [0.25, 0.3) is 0 Å². The second-order valence-corrected chi connectivity index (χ2v) is 6.06. The minimum absolute atomic E-state index is 0.0461. The first-order valence-corrected chi connectivity index (χ1v) is 7.55. The number of rotatable bonds is 4. The van der Waals surface area contributed by atoms with Crippen molar-refractivity contribution in [2.24, 2.45) is 0 Å². The van der Waals surface area contributed by atoms with Gasteiger partial charge in [-0.25, -0.2) is 4.39 Å². The normalized spacial score (nSPS) is 18.3. The molecular weight excluding hydrogens is 285 g/mol. The van der Waals surface area contributed by atoms with Crippen molar-refractivity contribution in [1.82, 2.24) is 15.0 Å². The molecule has 1 saturated carbocycles. The molecule has 22 heavy (non-hydrogen) atoms. The minimum atomic E-state index is -0.289. The molecule has 2 fully saturated rings. The molecule has 1 amide bonds. The largest absolute Gasteiger partial charge is 0.341 e. The molecule has 0 atom stereocenters. The van der Waals surface area contributed by atoms with E-state index in [1.165, 1.54) is 12.1 Å². The Morgan fingerprint density at radius 3 is 2.64 bits per heavy atom. The van der Waals surface area contributed by atoms with Gasteiger partial charge in [-0.1, -0.05) is 17.3 Å². The van der Waals surface area contributed by atoms with Gasteiger partial charge in [-0.05, 0) is 30.5 Å². The number of nitrogens with zero attached hydrogens (tertiary/aromatic N) is 3. The van der Waals surface area contributed by atoms with Gasteiger partial charge in [-0.3, -0.25) is 4.79 Å². The lowest BCUT2D eigenvalue weighted by atomic mass is 9.99. The summed E-state index contributed by atoms with van der Waals surface area (Å²) in [6.45, 7) is 1.23. The quantitative estimate of drug-likeness (QED) is 0.869. The third kappa shape index (κ3) is 2.61. The molecule has 0 spiro atoms. The number of carbonyl (C=O) groups excluding carboxylic acids is 1. The fourth-order valence-electron chi connectivity index (χ4n) is 2.65. The Labute approximate surface area is 127 Å². The van der Waals surface area contributed by atoms with Crippen LogP contribution < -0.4 is 0 Å². The van der Waals surface area contributed by atoms with E-state index in [-0.39, 0.29) is 17.6 Å². The van der Waals surface area contributed by atoms with Crippen molar-refractivity contribution in [1.29, 1.82) is 0 Å². The number of aromatic nitrogens is 2. The molecule has 1 aliphatic heterocycles. The minimum Gasteiger partial charge on any atom is -0.341 e. The standard InChI is InChI=1S/C16H16FN3O2/c17-13-5-1-10(2-6-13)7-14(21)20-8-12(9-20)16-18-15(19-22-16)11-3-4-11/h1-2,5-6,11-12H,3-4,7-9H2. The number of hydrogen-bond acceptors (Lipinski definition) is 4. The Bertz CT molecular complexity index is 688. The molecule has 0 radical (unpaired) electrons. The zero-order chi connectivity index (χ0) is 15.1. The van der Waals surface area contributed by atoms with Gasteiger partial charge in [0.25, 0.3) is 0 Å². The summed E-state index contributed by atoms with van der Waals surface area (Å²) in [5.41, 5.74) is 0.823. The molecule has 1 aliphatic carbocycles. The summed E-state index contributed by atoms with van der Waals surface area (Å²) < 4.78 is 18.1. The highest BCUT2D eigenvalue weighted by Gasteiger charge is 2.37. The van der Waals surface area contributed by atoms with Gasteiger partial charge in [-0.2, -0.15) is 4.98 Å². The number of likely N-dealkylation sites (tertiary alicyclic amines) is 1. The first kappa shape index (κ1) is 13.4. The van der Waals surface area contributed by atoms with Crippen LogP contribution in [0.4, 0.5) is 4.39 Å². The zero-order valence-electron chi connectivity index (χ0n) is 12.0. The molecule has 1 aromatic carbocycles. The molecule has 114 valence electrons. The van der Waals surface area contributed by atoms with E-state index in [4.69, 9.17) is 4.52 Å². The van der Waals surface area contributed by atoms with E-state index >= 15 is 0 Å². The van der Waals surface area contributed by atoms with Crippen molar-refractivity contribution in [2.45, 2.75) is 31.1 Å². The Kier molecular flexibility index (Phi) is 3.17. The first-order chi connectivity index (χ1) is 10.7. The number of benzene rings is 1. The summed E-state index contributed by atoms with van der Waals surface area (Å²) in [4.78, 5) is 18.3. The van der Waals surface area contributed by atoms with Crippen molar-refractivity contribution in [2.75, 3.05) is 13.1 Å². The summed E-state index contributed by atoms with van der Waals surface area (Å²) in [7, 11) is 0. The van der Waals surface area contributed by atoms with Gasteiger partial charge in [0, 0.05) is 19.0 Å². The molecule has 2 heterocycles. The smallest absolute Gasteiger partial charge is 0.233 e. The van der Waals surface area contributed by atoms with Crippen LogP contribution in [0.1, 0.15) is 42.0 Å². The van der Waals surface area contributed by atoms with E-state index < -0.39 is 0 Å². The fraction of sp³-hybridized carbons (Fsp3) is 0.438. The SMILES string of the molecule is O=C(Cc1ccc(F)cc1)N1CC(c2nc(C3CC3)no2)C1. The van der Waals surface area contributed by atoms with E-state index in [0.29, 0.717) is 31.3 Å². The number of hydrogen-bond donors (Lipinski definition) is 0. The maximum Gasteiger partial charge on any atom is 0.233 e. The zero-order valence-corrected chi connectivity index (χ0v) is 12.0. The molecule has 0 N–H and O–H groups in total. The van der Waals surface area contributed by atoms with Crippen LogP contribution in [0.15, 0.2) is 28.8 Å². The van der Waals surface area contributed by atoms with Gasteiger partial charge < -0.3 is 9.42 Å². The Hall–Kier alpha value is -2.24. The van der Waals surface area contributed by atoms with Crippen molar-refractivity contribution in [3.63, 3.8) is 0 Å². The molecule has 2 aromatic rings. The molecule has 1 saturated heterocycles. The Morgan fingerprint density at radius 2 is 1.95 bits per heavy atom. The van der Waals surface area contributed by atoms with Crippen LogP contribution >= 0.6 is 0 Å². The molecule has 5 nitrogen and oxygen atoms in total. The van der Waals surface area contributed by atoms with Crippen LogP contribution in [0, 0.1) is 5.82 Å². The summed E-state index contributed by atoms with van der Waals surface area (Å²) in [6.07, 6.45) is 2.59. The van der Waals surface area contributed by atoms with Gasteiger partial charge in [-0.15, -0.1) is 0 Å². The third-order valence-electron chi connectivity index (χ3n) is 4.25. The monoisotopic (exact) mass is 301 g/mol. The lowest BCUT2D eigenvalue weighted by Crippen LogP contribution is -2.49. The highest BCUT2D eigenvalue weighted by Crippen LogP contribution is 2.39. The maximum absolute atomic E-state index is 12.8. The maximum atomic E-state index is 12.8. The van der Waals surface area contributed by atoms with Gasteiger partial charge in [0.1, 0.15) is 5.82 Å². The molecule has 0 bridgehead atoms. The molecule has 6 heteroatoms. The van der Waals surface area contributed by atoms with Crippen LogP contribution in [0.5, 0.6) is 0 Å². The van der Waals surface area contributed by atoms with E-state index in [0.717, 1.165) is 24.2 Å². The molecular formula is C16H16FN3O2. The average Bonchev–Trinajstić information content (AvgIpc) is 3.20. The first-order valence-electron chi connectivity index (χ1n) is 7.55. The van der Waals surface area contributed by atoms with Gasteiger partial charge in [0.05, 0.1) is 12.3 Å².